The van der Waals surface area contributed by atoms with Crippen LogP contribution in [0.5, 0.6) is 0 Å². The molecule has 0 aliphatic rings. The summed E-state index contributed by atoms with van der Waals surface area (Å²) in [5.74, 6) is -0.163. The van der Waals surface area contributed by atoms with Gasteiger partial charge in [0.15, 0.2) is 4.77 Å². The van der Waals surface area contributed by atoms with E-state index in [0.717, 1.165) is 16.9 Å². The summed E-state index contributed by atoms with van der Waals surface area (Å²) in [5, 5.41) is 3.10. The maximum atomic E-state index is 12.9. The molecule has 5 nitrogen and oxygen atoms in total. The topological polar surface area (TPSA) is 62.7 Å². The molecule has 2 N–H and O–H groups in total. The third kappa shape index (κ3) is 3.77. The second kappa shape index (κ2) is 8.02. The van der Waals surface area contributed by atoms with Crippen molar-refractivity contribution in [3.05, 3.63) is 113 Å². The Labute approximate surface area is 167 Å². The predicted molar refractivity (Wildman–Crippen MR) is 111 cm³/mol. The number of H-pyrrole nitrogens is 1. The van der Waals surface area contributed by atoms with Gasteiger partial charge in [0.05, 0.1) is 11.7 Å². The molecule has 138 valence electrons. The highest BCUT2D eigenvalue weighted by atomic mass is 32.1. The third-order valence-corrected chi connectivity index (χ3v) is 4.76. The van der Waals surface area contributed by atoms with Crippen molar-refractivity contribution in [2.75, 3.05) is 0 Å². The SMILES string of the molecule is O=C(N[C@H](c1ccccc1)c1ccccn1)c1ccc(-n2cc[nH]c2=S)cc1. The van der Waals surface area contributed by atoms with E-state index in [1.165, 1.54) is 0 Å². The van der Waals surface area contributed by atoms with Crippen molar-refractivity contribution in [2.24, 2.45) is 0 Å². The number of imidazole rings is 1. The molecule has 0 radical (unpaired) electrons. The number of hydrogen-bond donors (Lipinski definition) is 2. The summed E-state index contributed by atoms with van der Waals surface area (Å²) >= 11 is 5.24. The zero-order valence-corrected chi connectivity index (χ0v) is 15.8. The van der Waals surface area contributed by atoms with Gasteiger partial charge in [0, 0.05) is 29.8 Å². The molecule has 1 amide bonds. The summed E-state index contributed by atoms with van der Waals surface area (Å²) < 4.78 is 2.45. The summed E-state index contributed by atoms with van der Waals surface area (Å²) in [6.45, 7) is 0. The largest absolute Gasteiger partial charge is 0.340 e. The van der Waals surface area contributed by atoms with Crippen LogP contribution in [0.15, 0.2) is 91.4 Å². The lowest BCUT2D eigenvalue weighted by Crippen LogP contribution is -2.29. The van der Waals surface area contributed by atoms with Crippen LogP contribution >= 0.6 is 12.2 Å². The van der Waals surface area contributed by atoms with Gasteiger partial charge in [0.2, 0.25) is 0 Å². The van der Waals surface area contributed by atoms with Crippen LogP contribution in [-0.4, -0.2) is 20.4 Å². The number of pyridine rings is 1. The molecule has 2 heterocycles. The van der Waals surface area contributed by atoms with Gasteiger partial charge in [-0.05, 0) is 54.2 Å². The number of benzene rings is 2. The summed E-state index contributed by atoms with van der Waals surface area (Å²) in [4.78, 5) is 20.3. The molecule has 2 aromatic carbocycles. The molecule has 4 aromatic rings. The summed E-state index contributed by atoms with van der Waals surface area (Å²) in [6.07, 6.45) is 5.36. The first-order valence-electron chi connectivity index (χ1n) is 8.85. The van der Waals surface area contributed by atoms with Crippen molar-refractivity contribution >= 4 is 18.1 Å². The average Bonchev–Trinajstić information content (AvgIpc) is 3.19. The van der Waals surface area contributed by atoms with E-state index < -0.39 is 0 Å². The zero-order valence-electron chi connectivity index (χ0n) is 14.9. The van der Waals surface area contributed by atoms with Gasteiger partial charge >= 0.3 is 0 Å². The molecule has 4 rings (SSSR count). The molecule has 0 unspecified atom stereocenters. The number of rotatable bonds is 5. The lowest BCUT2D eigenvalue weighted by molar-refractivity contribution is 0.0942. The second-order valence-corrected chi connectivity index (χ2v) is 6.64. The van der Waals surface area contributed by atoms with E-state index in [4.69, 9.17) is 12.2 Å². The summed E-state index contributed by atoms with van der Waals surface area (Å²) in [5.41, 5.74) is 3.23. The normalized spacial score (nSPS) is 11.7. The number of hydrogen-bond acceptors (Lipinski definition) is 3. The van der Waals surface area contributed by atoms with Crippen LogP contribution < -0.4 is 5.32 Å². The monoisotopic (exact) mass is 386 g/mol. The Morgan fingerprint density at radius 3 is 2.39 bits per heavy atom. The van der Waals surface area contributed by atoms with Crippen LogP contribution in [0.25, 0.3) is 5.69 Å². The van der Waals surface area contributed by atoms with E-state index in [9.17, 15) is 4.79 Å². The highest BCUT2D eigenvalue weighted by Gasteiger charge is 2.18. The number of amides is 1. The van der Waals surface area contributed by atoms with Crippen LogP contribution in [0.4, 0.5) is 0 Å². The standard InChI is InChI=1S/C22H18N4OS/c27-21(17-9-11-18(12-10-17)26-15-14-24-22(26)28)25-20(16-6-2-1-3-7-16)19-8-4-5-13-23-19/h1-15,20H,(H,24,28)(H,25,27)/t20-/m1/s1. The first-order chi connectivity index (χ1) is 13.7. The van der Waals surface area contributed by atoms with E-state index in [-0.39, 0.29) is 11.9 Å². The first-order valence-corrected chi connectivity index (χ1v) is 9.26. The molecule has 0 saturated carbocycles. The third-order valence-electron chi connectivity index (χ3n) is 4.45. The summed E-state index contributed by atoms with van der Waals surface area (Å²) in [7, 11) is 0. The van der Waals surface area contributed by atoms with Crippen molar-refractivity contribution in [2.45, 2.75) is 6.04 Å². The van der Waals surface area contributed by atoms with E-state index in [1.54, 1.807) is 24.5 Å². The Kier molecular flexibility index (Phi) is 5.12. The van der Waals surface area contributed by atoms with Crippen molar-refractivity contribution in [1.82, 2.24) is 19.9 Å². The Balaban J connectivity index is 1.60. The Morgan fingerprint density at radius 1 is 1.00 bits per heavy atom. The molecule has 0 aliphatic heterocycles. The maximum Gasteiger partial charge on any atom is 0.252 e. The maximum absolute atomic E-state index is 12.9. The van der Waals surface area contributed by atoms with E-state index in [1.807, 2.05) is 71.4 Å². The van der Waals surface area contributed by atoms with Crippen LogP contribution in [-0.2, 0) is 0 Å². The number of aromatic nitrogens is 3. The fourth-order valence-corrected chi connectivity index (χ4v) is 3.27. The van der Waals surface area contributed by atoms with Gasteiger partial charge in [0.1, 0.15) is 0 Å². The van der Waals surface area contributed by atoms with Crippen molar-refractivity contribution in [1.29, 1.82) is 0 Å². The smallest absolute Gasteiger partial charge is 0.252 e. The van der Waals surface area contributed by atoms with Crippen molar-refractivity contribution < 1.29 is 4.79 Å². The fraction of sp³-hybridized carbons (Fsp3) is 0.0455. The molecular weight excluding hydrogens is 368 g/mol. The highest BCUT2D eigenvalue weighted by Crippen LogP contribution is 2.21. The van der Waals surface area contributed by atoms with Crippen molar-refractivity contribution in [3.8, 4) is 5.69 Å². The number of aromatic amines is 1. The zero-order chi connectivity index (χ0) is 19.3. The van der Waals surface area contributed by atoms with Crippen LogP contribution in [0.3, 0.4) is 0 Å². The van der Waals surface area contributed by atoms with E-state index in [2.05, 4.69) is 15.3 Å². The van der Waals surface area contributed by atoms with Gasteiger partial charge in [-0.2, -0.15) is 0 Å². The van der Waals surface area contributed by atoms with Gasteiger partial charge in [-0.25, -0.2) is 0 Å². The number of carbonyl (C=O) groups is 1. The molecule has 0 spiro atoms. The minimum atomic E-state index is -0.326. The molecule has 1 atom stereocenters. The number of carbonyl (C=O) groups excluding carboxylic acids is 1. The molecule has 6 heteroatoms. The van der Waals surface area contributed by atoms with Gasteiger partial charge in [-0.3, -0.25) is 14.3 Å². The molecule has 28 heavy (non-hydrogen) atoms. The van der Waals surface area contributed by atoms with Gasteiger partial charge in [0.25, 0.3) is 5.91 Å². The summed E-state index contributed by atoms with van der Waals surface area (Å²) in [6, 6.07) is 22.5. The molecule has 0 bridgehead atoms. The lowest BCUT2D eigenvalue weighted by atomic mass is 10.0. The Hall–Kier alpha value is -3.51. The fourth-order valence-electron chi connectivity index (χ4n) is 3.03. The van der Waals surface area contributed by atoms with Gasteiger partial charge in [-0.15, -0.1) is 0 Å². The Bertz CT molecular complexity index is 1080. The molecule has 0 fully saturated rings. The Morgan fingerprint density at radius 2 is 1.75 bits per heavy atom. The van der Waals surface area contributed by atoms with E-state index in [0.29, 0.717) is 10.3 Å². The van der Waals surface area contributed by atoms with Crippen LogP contribution in [0.2, 0.25) is 0 Å². The lowest BCUT2D eigenvalue weighted by Gasteiger charge is -2.19. The first kappa shape index (κ1) is 17.9. The number of nitrogens with zero attached hydrogens (tertiary/aromatic N) is 2. The number of nitrogens with one attached hydrogen (secondary N) is 2. The predicted octanol–water partition coefficient (Wildman–Crippen LogP) is 4.45. The van der Waals surface area contributed by atoms with Crippen LogP contribution in [0.1, 0.15) is 27.7 Å². The quantitative estimate of drug-likeness (QED) is 0.498. The van der Waals surface area contributed by atoms with Crippen molar-refractivity contribution in [3.63, 3.8) is 0 Å². The minimum absolute atomic E-state index is 0.163. The molecule has 2 aromatic heterocycles. The minimum Gasteiger partial charge on any atom is -0.340 e. The van der Waals surface area contributed by atoms with E-state index >= 15 is 0 Å². The average molecular weight is 386 g/mol. The highest BCUT2D eigenvalue weighted by molar-refractivity contribution is 7.71. The van der Waals surface area contributed by atoms with Gasteiger partial charge < -0.3 is 10.3 Å². The molecule has 0 aliphatic carbocycles. The van der Waals surface area contributed by atoms with Crippen LogP contribution in [0, 0.1) is 4.77 Å². The molecule has 0 saturated heterocycles. The second-order valence-electron chi connectivity index (χ2n) is 6.25. The molecular formula is C22H18N4OS. The van der Waals surface area contributed by atoms with Gasteiger partial charge in [-0.1, -0.05) is 36.4 Å².